The van der Waals surface area contributed by atoms with E-state index in [-0.39, 0.29) is 22.8 Å². The number of nitrogens with zero attached hydrogens (tertiary/aromatic N) is 2. The molecule has 1 aromatic carbocycles. The molecule has 0 radical (unpaired) electrons. The minimum atomic E-state index is -0.135. The molecule has 26 heavy (non-hydrogen) atoms. The Balaban J connectivity index is 1.55. The maximum absolute atomic E-state index is 12.8. The Bertz CT molecular complexity index is 945. The molecule has 1 saturated heterocycles. The van der Waals surface area contributed by atoms with Crippen LogP contribution in [0.4, 0.5) is 5.95 Å². The Morgan fingerprint density at radius 2 is 2.04 bits per heavy atom. The first kappa shape index (κ1) is 17.1. The number of halogens is 1. The van der Waals surface area contributed by atoms with Gasteiger partial charge in [-0.25, -0.2) is 4.98 Å². The van der Waals surface area contributed by atoms with E-state index in [0.717, 1.165) is 42.5 Å². The highest BCUT2D eigenvalue weighted by Crippen LogP contribution is 2.44. The van der Waals surface area contributed by atoms with E-state index in [1.807, 2.05) is 17.9 Å². The lowest BCUT2D eigenvalue weighted by atomic mass is 9.76. The zero-order valence-electron chi connectivity index (χ0n) is 14.6. The fraction of sp³-hybridized carbons (Fsp3) is 0.421. The van der Waals surface area contributed by atoms with E-state index in [1.165, 1.54) is 0 Å². The van der Waals surface area contributed by atoms with Crippen molar-refractivity contribution in [2.24, 2.45) is 0 Å². The number of carbonyl (C=O) groups is 1. The first-order valence-electron chi connectivity index (χ1n) is 8.84. The second-order valence-corrected chi connectivity index (χ2v) is 7.72. The molecule has 0 atom stereocenters. The Morgan fingerprint density at radius 3 is 2.73 bits per heavy atom. The van der Waals surface area contributed by atoms with Gasteiger partial charge in [-0.15, -0.1) is 0 Å². The Labute approximate surface area is 156 Å². The number of piperidine rings is 1. The van der Waals surface area contributed by atoms with E-state index >= 15 is 0 Å². The second-order valence-electron chi connectivity index (χ2n) is 7.31. The first-order valence-corrected chi connectivity index (χ1v) is 9.22. The van der Waals surface area contributed by atoms with Crippen LogP contribution in [-0.4, -0.2) is 33.9 Å². The number of carbonyl (C=O) groups excluding carboxylic acids is 1. The molecular weight excluding hydrogens is 352 g/mol. The summed E-state index contributed by atoms with van der Waals surface area (Å²) in [5.74, 6) is 0.196. The van der Waals surface area contributed by atoms with Gasteiger partial charge in [-0.2, -0.15) is 0 Å². The summed E-state index contributed by atoms with van der Waals surface area (Å²) >= 11 is 6.06. The molecule has 1 amide bonds. The van der Waals surface area contributed by atoms with Crippen molar-refractivity contribution in [1.82, 2.24) is 14.9 Å². The zero-order chi connectivity index (χ0) is 18.5. The van der Waals surface area contributed by atoms with Crippen LogP contribution in [0.15, 0.2) is 23.0 Å². The molecule has 2 heterocycles. The van der Waals surface area contributed by atoms with Crippen LogP contribution in [0.5, 0.6) is 0 Å². The minimum absolute atomic E-state index is 0.0243. The predicted octanol–water partition coefficient (Wildman–Crippen LogP) is 2.43. The first-order chi connectivity index (χ1) is 12.4. The quantitative estimate of drug-likeness (QED) is 0.804. The Kier molecular flexibility index (Phi) is 4.03. The third-order valence-corrected chi connectivity index (χ3v) is 6.23. The van der Waals surface area contributed by atoms with Gasteiger partial charge in [0, 0.05) is 34.7 Å². The van der Waals surface area contributed by atoms with Crippen molar-refractivity contribution in [3.63, 3.8) is 0 Å². The molecule has 1 aliphatic carbocycles. The lowest BCUT2D eigenvalue weighted by molar-refractivity contribution is 0.0663. The van der Waals surface area contributed by atoms with Gasteiger partial charge >= 0.3 is 0 Å². The number of nitrogens with one attached hydrogen (secondary N) is 1. The number of nitrogens with two attached hydrogens (primary N) is 1. The van der Waals surface area contributed by atoms with Crippen molar-refractivity contribution < 1.29 is 4.79 Å². The third kappa shape index (κ3) is 2.69. The molecular formula is C19H21ClN4O2. The van der Waals surface area contributed by atoms with Crippen LogP contribution in [0.2, 0.25) is 5.02 Å². The van der Waals surface area contributed by atoms with Crippen molar-refractivity contribution in [2.45, 2.75) is 38.0 Å². The van der Waals surface area contributed by atoms with Gasteiger partial charge < -0.3 is 10.6 Å². The van der Waals surface area contributed by atoms with Crippen molar-refractivity contribution in [1.29, 1.82) is 0 Å². The van der Waals surface area contributed by atoms with Crippen molar-refractivity contribution >= 4 is 23.5 Å². The molecule has 0 bridgehead atoms. The van der Waals surface area contributed by atoms with Crippen LogP contribution >= 0.6 is 11.6 Å². The van der Waals surface area contributed by atoms with Gasteiger partial charge in [0.05, 0.1) is 5.69 Å². The van der Waals surface area contributed by atoms with Gasteiger partial charge in [-0.1, -0.05) is 11.6 Å². The maximum atomic E-state index is 12.8. The Hall–Kier alpha value is -2.34. The molecule has 0 saturated carbocycles. The lowest BCUT2D eigenvalue weighted by Gasteiger charge is -2.39. The molecule has 7 heteroatoms. The van der Waals surface area contributed by atoms with E-state index in [1.54, 1.807) is 12.1 Å². The highest BCUT2D eigenvalue weighted by Gasteiger charge is 2.44. The van der Waals surface area contributed by atoms with Gasteiger partial charge in [0.15, 0.2) is 0 Å². The standard InChI is InChI=1S/C19H21ClN4O2/c1-11-10-12(2-3-14(11)20)17(26)24-8-6-19(7-9-24)5-4-13-15(19)22-18(21)23-16(13)25/h2-3,10H,4-9H2,1H3,(H3,21,22,23,25). The van der Waals surface area contributed by atoms with Crippen LogP contribution in [0.25, 0.3) is 0 Å². The molecule has 4 rings (SSSR count). The molecule has 3 N–H and O–H groups in total. The van der Waals surface area contributed by atoms with E-state index in [9.17, 15) is 9.59 Å². The zero-order valence-corrected chi connectivity index (χ0v) is 15.4. The highest BCUT2D eigenvalue weighted by atomic mass is 35.5. The third-order valence-electron chi connectivity index (χ3n) is 5.80. The number of rotatable bonds is 1. The van der Waals surface area contributed by atoms with Crippen molar-refractivity contribution in [2.75, 3.05) is 18.8 Å². The summed E-state index contributed by atoms with van der Waals surface area (Å²) in [6.07, 6.45) is 3.22. The number of likely N-dealkylation sites (tertiary alicyclic amines) is 1. The molecule has 136 valence electrons. The fourth-order valence-electron chi connectivity index (χ4n) is 4.25. The number of hydrogen-bond acceptors (Lipinski definition) is 4. The number of aromatic nitrogens is 2. The average molecular weight is 373 g/mol. The smallest absolute Gasteiger partial charge is 0.255 e. The number of hydrogen-bond donors (Lipinski definition) is 2. The summed E-state index contributed by atoms with van der Waals surface area (Å²) < 4.78 is 0. The van der Waals surface area contributed by atoms with Gasteiger partial charge in [0.2, 0.25) is 5.95 Å². The second kappa shape index (κ2) is 6.13. The normalized spacial score (nSPS) is 18.2. The average Bonchev–Trinajstić information content (AvgIpc) is 2.96. The molecule has 2 aliphatic rings. The molecule has 2 aromatic rings. The number of anilines is 1. The Morgan fingerprint density at radius 1 is 1.31 bits per heavy atom. The number of benzene rings is 1. The molecule has 6 nitrogen and oxygen atoms in total. The number of aryl methyl sites for hydroxylation is 1. The van der Waals surface area contributed by atoms with Crippen LogP contribution in [0.3, 0.4) is 0 Å². The molecule has 1 aromatic heterocycles. The highest BCUT2D eigenvalue weighted by molar-refractivity contribution is 6.31. The summed E-state index contributed by atoms with van der Waals surface area (Å²) in [6, 6.07) is 5.37. The maximum Gasteiger partial charge on any atom is 0.255 e. The van der Waals surface area contributed by atoms with E-state index in [2.05, 4.69) is 9.97 Å². The number of nitrogen functional groups attached to an aromatic ring is 1. The van der Waals surface area contributed by atoms with E-state index in [4.69, 9.17) is 17.3 Å². The molecule has 1 fully saturated rings. The summed E-state index contributed by atoms with van der Waals surface area (Å²) in [5.41, 5.74) is 8.65. The van der Waals surface area contributed by atoms with E-state index in [0.29, 0.717) is 23.7 Å². The molecule has 1 spiro atoms. The van der Waals surface area contributed by atoms with Gasteiger partial charge in [-0.05, 0) is 56.4 Å². The molecule has 1 aliphatic heterocycles. The van der Waals surface area contributed by atoms with E-state index < -0.39 is 0 Å². The monoisotopic (exact) mass is 372 g/mol. The van der Waals surface area contributed by atoms with Crippen LogP contribution in [-0.2, 0) is 11.8 Å². The van der Waals surface area contributed by atoms with Crippen molar-refractivity contribution in [3.8, 4) is 0 Å². The number of aromatic amines is 1. The summed E-state index contributed by atoms with van der Waals surface area (Å²) in [4.78, 5) is 33.8. The summed E-state index contributed by atoms with van der Waals surface area (Å²) in [7, 11) is 0. The largest absolute Gasteiger partial charge is 0.369 e. The van der Waals surface area contributed by atoms with Gasteiger partial charge in [0.1, 0.15) is 0 Å². The molecule has 0 unspecified atom stereocenters. The van der Waals surface area contributed by atoms with Crippen LogP contribution < -0.4 is 11.3 Å². The SMILES string of the molecule is Cc1cc(C(=O)N2CCC3(CCc4c3nc(N)[nH]c4=O)CC2)ccc1Cl. The topological polar surface area (TPSA) is 92.1 Å². The van der Waals surface area contributed by atoms with Gasteiger partial charge in [-0.3, -0.25) is 14.6 Å². The predicted molar refractivity (Wildman–Crippen MR) is 101 cm³/mol. The summed E-state index contributed by atoms with van der Waals surface area (Å²) in [6.45, 7) is 3.19. The number of amides is 1. The number of H-pyrrole nitrogens is 1. The van der Waals surface area contributed by atoms with Crippen LogP contribution in [0.1, 0.15) is 46.4 Å². The van der Waals surface area contributed by atoms with Gasteiger partial charge in [0.25, 0.3) is 11.5 Å². The van der Waals surface area contributed by atoms with Crippen LogP contribution in [0, 0.1) is 6.92 Å². The lowest BCUT2D eigenvalue weighted by Crippen LogP contribution is -2.45. The number of fused-ring (bicyclic) bond motifs is 2. The fourth-order valence-corrected chi connectivity index (χ4v) is 4.37. The van der Waals surface area contributed by atoms with Crippen molar-refractivity contribution in [3.05, 3.63) is 56.0 Å². The summed E-state index contributed by atoms with van der Waals surface area (Å²) in [5, 5.41) is 0.663. The minimum Gasteiger partial charge on any atom is -0.369 e.